The number of carbonyl (C=O) groups excluding carboxylic acids is 1. The van der Waals surface area contributed by atoms with Crippen molar-refractivity contribution in [2.24, 2.45) is 0 Å². The summed E-state index contributed by atoms with van der Waals surface area (Å²) in [6.07, 6.45) is -4.54. The van der Waals surface area contributed by atoms with Crippen molar-refractivity contribution in [1.82, 2.24) is 5.32 Å². The molecule has 110 valence electrons. The Labute approximate surface area is 114 Å². The maximum atomic E-state index is 11.9. The molecule has 0 aliphatic heterocycles. The fraction of sp³-hybridized carbons (Fsp3) is 0.273. The van der Waals surface area contributed by atoms with Gasteiger partial charge in [-0.25, -0.2) is 4.79 Å². The van der Waals surface area contributed by atoms with Crippen molar-refractivity contribution in [2.45, 2.75) is 11.1 Å². The number of aromatic carboxylic acids is 1. The third kappa shape index (κ3) is 5.39. The van der Waals surface area contributed by atoms with Crippen molar-refractivity contribution in [2.75, 3.05) is 12.3 Å². The summed E-state index contributed by atoms with van der Waals surface area (Å²) in [5.41, 5.74) is -0.119. The van der Waals surface area contributed by atoms with Gasteiger partial charge in [0, 0.05) is 4.90 Å². The van der Waals surface area contributed by atoms with E-state index in [1.54, 1.807) is 5.32 Å². The number of rotatable bonds is 5. The molecule has 0 saturated heterocycles. The first-order chi connectivity index (χ1) is 9.19. The topological polar surface area (TPSA) is 83.5 Å². The van der Waals surface area contributed by atoms with Crippen molar-refractivity contribution in [3.63, 3.8) is 0 Å². The predicted octanol–water partition coefficient (Wildman–Crippen LogP) is 1.17. The zero-order chi connectivity index (χ0) is 15.3. The zero-order valence-corrected chi connectivity index (χ0v) is 10.8. The van der Waals surface area contributed by atoms with E-state index in [2.05, 4.69) is 0 Å². The van der Waals surface area contributed by atoms with Gasteiger partial charge in [0.25, 0.3) is 0 Å². The molecule has 0 bridgehead atoms. The minimum atomic E-state index is -4.54. The lowest BCUT2D eigenvalue weighted by Crippen LogP contribution is -2.36. The number of nitrogens with one attached hydrogen (secondary N) is 1. The first-order valence-corrected chi connectivity index (χ1v) is 6.56. The largest absolute Gasteiger partial charge is 0.478 e. The normalized spacial score (nSPS) is 12.8. The highest BCUT2D eigenvalue weighted by atomic mass is 32.2. The van der Waals surface area contributed by atoms with Crippen LogP contribution in [-0.4, -0.2) is 39.7 Å². The Morgan fingerprint density at radius 1 is 1.30 bits per heavy atom. The van der Waals surface area contributed by atoms with Crippen LogP contribution in [0.2, 0.25) is 0 Å². The van der Waals surface area contributed by atoms with Gasteiger partial charge < -0.3 is 10.4 Å². The fourth-order valence-electron chi connectivity index (χ4n) is 1.22. The average molecular weight is 309 g/mol. The third-order valence-corrected chi connectivity index (χ3v) is 3.40. The molecular formula is C11H10F3NO4S. The van der Waals surface area contributed by atoms with Gasteiger partial charge in [0.05, 0.1) is 16.4 Å². The molecule has 5 nitrogen and oxygen atoms in total. The molecular weight excluding hydrogens is 299 g/mol. The molecule has 0 spiro atoms. The SMILES string of the molecule is O=C(CS(=O)c1cccc(C(=O)O)c1)NCC(F)(F)F. The molecule has 0 radical (unpaired) electrons. The summed E-state index contributed by atoms with van der Waals surface area (Å²) >= 11 is 0. The molecule has 9 heteroatoms. The maximum absolute atomic E-state index is 11.9. The van der Waals surface area contributed by atoms with E-state index in [0.717, 1.165) is 6.07 Å². The number of carboxylic acids is 1. The highest BCUT2D eigenvalue weighted by Crippen LogP contribution is 2.13. The Kier molecular flexibility index (Phi) is 5.26. The number of carbonyl (C=O) groups is 2. The van der Waals surface area contributed by atoms with E-state index >= 15 is 0 Å². The summed E-state index contributed by atoms with van der Waals surface area (Å²) in [6.45, 7) is -1.50. The molecule has 0 heterocycles. The van der Waals surface area contributed by atoms with Crippen molar-refractivity contribution >= 4 is 22.7 Å². The van der Waals surface area contributed by atoms with Gasteiger partial charge in [0.1, 0.15) is 12.3 Å². The monoisotopic (exact) mass is 309 g/mol. The van der Waals surface area contributed by atoms with E-state index in [-0.39, 0.29) is 10.5 Å². The lowest BCUT2D eigenvalue weighted by Gasteiger charge is -2.08. The summed E-state index contributed by atoms with van der Waals surface area (Å²) in [5.74, 6) is -2.93. The van der Waals surface area contributed by atoms with Crippen molar-refractivity contribution in [1.29, 1.82) is 0 Å². The Morgan fingerprint density at radius 2 is 1.95 bits per heavy atom. The van der Waals surface area contributed by atoms with E-state index in [0.29, 0.717) is 0 Å². The minimum Gasteiger partial charge on any atom is -0.478 e. The molecule has 20 heavy (non-hydrogen) atoms. The Hall–Kier alpha value is -1.90. The van der Waals surface area contributed by atoms with Gasteiger partial charge in [-0.2, -0.15) is 13.2 Å². The van der Waals surface area contributed by atoms with Gasteiger partial charge in [0.15, 0.2) is 0 Å². The molecule has 1 rings (SSSR count). The zero-order valence-electron chi connectivity index (χ0n) is 9.94. The van der Waals surface area contributed by atoms with Crippen molar-refractivity contribution in [3.05, 3.63) is 29.8 Å². The average Bonchev–Trinajstić information content (AvgIpc) is 2.35. The fourth-order valence-corrected chi connectivity index (χ4v) is 2.22. The second kappa shape index (κ2) is 6.51. The molecule has 1 unspecified atom stereocenters. The van der Waals surface area contributed by atoms with Crippen LogP contribution in [0, 0.1) is 0 Å². The van der Waals surface area contributed by atoms with Gasteiger partial charge in [-0.3, -0.25) is 9.00 Å². The number of hydrogen-bond acceptors (Lipinski definition) is 3. The smallest absolute Gasteiger partial charge is 0.405 e. The summed E-state index contributed by atoms with van der Waals surface area (Å²) in [5, 5.41) is 10.3. The summed E-state index contributed by atoms with van der Waals surface area (Å²) in [7, 11) is -1.91. The van der Waals surface area contributed by atoms with Crippen LogP contribution in [0.5, 0.6) is 0 Å². The van der Waals surface area contributed by atoms with Crippen molar-refractivity contribution < 1.29 is 32.1 Å². The molecule has 1 aromatic carbocycles. The Balaban J connectivity index is 2.65. The van der Waals surface area contributed by atoms with E-state index in [1.165, 1.54) is 18.2 Å². The number of halogens is 3. The minimum absolute atomic E-state index is 0.0621. The summed E-state index contributed by atoms with van der Waals surface area (Å²) in [4.78, 5) is 21.9. The summed E-state index contributed by atoms with van der Waals surface area (Å²) in [6, 6.07) is 5.05. The van der Waals surface area contributed by atoms with Crippen LogP contribution in [-0.2, 0) is 15.6 Å². The number of benzene rings is 1. The first-order valence-electron chi connectivity index (χ1n) is 5.24. The lowest BCUT2D eigenvalue weighted by molar-refractivity contribution is -0.136. The summed E-state index contributed by atoms with van der Waals surface area (Å²) < 4.78 is 47.3. The van der Waals surface area contributed by atoms with Crippen LogP contribution >= 0.6 is 0 Å². The van der Waals surface area contributed by atoms with Crippen molar-refractivity contribution in [3.8, 4) is 0 Å². The predicted molar refractivity (Wildman–Crippen MR) is 63.7 cm³/mol. The second-order valence-electron chi connectivity index (χ2n) is 3.71. The number of carboxylic acid groups (broad SMARTS) is 1. The Bertz CT molecular complexity index is 545. The van der Waals surface area contributed by atoms with Gasteiger partial charge in [-0.05, 0) is 18.2 Å². The van der Waals surface area contributed by atoms with E-state index in [4.69, 9.17) is 5.11 Å². The maximum Gasteiger partial charge on any atom is 0.405 e. The number of hydrogen-bond donors (Lipinski definition) is 2. The van der Waals surface area contributed by atoms with Gasteiger partial charge >= 0.3 is 12.1 Å². The van der Waals surface area contributed by atoms with E-state index in [1.807, 2.05) is 0 Å². The highest BCUT2D eigenvalue weighted by Gasteiger charge is 2.28. The third-order valence-electron chi connectivity index (χ3n) is 2.09. The van der Waals surface area contributed by atoms with Crippen LogP contribution in [0.1, 0.15) is 10.4 Å². The standard InChI is InChI=1S/C11H10F3NO4S/c12-11(13,14)6-15-9(16)5-20(19)8-3-1-2-7(4-8)10(17)18/h1-4H,5-6H2,(H,15,16)(H,17,18). The Morgan fingerprint density at radius 3 is 2.50 bits per heavy atom. The molecule has 1 amide bonds. The van der Waals surface area contributed by atoms with Crippen LogP contribution in [0.15, 0.2) is 29.2 Å². The van der Waals surface area contributed by atoms with Crippen LogP contribution in [0.25, 0.3) is 0 Å². The molecule has 0 aliphatic carbocycles. The first kappa shape index (κ1) is 16.2. The molecule has 1 atom stereocenters. The quantitative estimate of drug-likeness (QED) is 0.855. The molecule has 1 aromatic rings. The van der Waals surface area contributed by atoms with Crippen LogP contribution < -0.4 is 5.32 Å². The molecule has 2 N–H and O–H groups in total. The number of alkyl halides is 3. The highest BCUT2D eigenvalue weighted by molar-refractivity contribution is 7.85. The van der Waals surface area contributed by atoms with E-state index < -0.39 is 41.1 Å². The lowest BCUT2D eigenvalue weighted by atomic mass is 10.2. The van der Waals surface area contributed by atoms with Gasteiger partial charge in [0.2, 0.25) is 5.91 Å². The van der Waals surface area contributed by atoms with Crippen LogP contribution in [0.3, 0.4) is 0 Å². The second-order valence-corrected chi connectivity index (χ2v) is 5.17. The number of amides is 1. The molecule has 0 fully saturated rings. The van der Waals surface area contributed by atoms with Gasteiger partial charge in [-0.1, -0.05) is 6.07 Å². The molecule has 0 aromatic heterocycles. The van der Waals surface area contributed by atoms with Gasteiger partial charge in [-0.15, -0.1) is 0 Å². The molecule has 0 saturated carbocycles. The molecule has 0 aliphatic rings. The van der Waals surface area contributed by atoms with Crippen LogP contribution in [0.4, 0.5) is 13.2 Å². The van der Waals surface area contributed by atoms with E-state index in [9.17, 15) is 27.0 Å².